The van der Waals surface area contributed by atoms with E-state index in [9.17, 15) is 0 Å². The molecule has 2 aromatic heterocycles. The molecule has 334 valence electrons. The van der Waals surface area contributed by atoms with Gasteiger partial charge in [-0.3, -0.25) is 0 Å². The van der Waals surface area contributed by atoms with Crippen LogP contribution in [0.1, 0.15) is 36.2 Å². The summed E-state index contributed by atoms with van der Waals surface area (Å²) in [5.74, 6) is 1.53. The summed E-state index contributed by atoms with van der Waals surface area (Å²) in [6.45, 7) is 2.34. The predicted octanol–water partition coefficient (Wildman–Crippen LogP) is 16.1. The second-order valence-electron chi connectivity index (χ2n) is 19.6. The number of quaternary nitrogens is 1. The average molecular weight is 908 g/mol. The highest BCUT2D eigenvalue weighted by atomic mass is 15.4. The van der Waals surface area contributed by atoms with E-state index in [2.05, 4.69) is 253 Å². The molecular formula is C67H47N4+. The maximum Gasteiger partial charge on any atom is 0.241 e. The molecule has 3 atom stereocenters. The molecule has 71 heavy (non-hydrogen) atoms. The Morgan fingerprint density at radius 3 is 1.97 bits per heavy atom. The van der Waals surface area contributed by atoms with Gasteiger partial charge in [0.15, 0.2) is 0 Å². The molecule has 0 spiro atoms. The molecule has 4 nitrogen and oxygen atoms in total. The van der Waals surface area contributed by atoms with E-state index in [0.29, 0.717) is 5.92 Å². The molecule has 15 rings (SSSR count). The highest BCUT2D eigenvalue weighted by Crippen LogP contribution is 2.42. The van der Waals surface area contributed by atoms with Crippen molar-refractivity contribution in [1.29, 1.82) is 0 Å². The summed E-state index contributed by atoms with van der Waals surface area (Å²) in [6.07, 6.45) is 7.70. The first-order valence-electron chi connectivity index (χ1n) is 24.9. The maximum absolute atomic E-state index is 5.60. The molecular weight excluding hydrogens is 861 g/mol. The number of allylic oxidation sites excluding steroid dienone is 4. The Morgan fingerprint density at radius 2 is 1.13 bits per heavy atom. The number of para-hydroxylation sites is 1. The topological polar surface area (TPSA) is 26.7 Å². The third kappa shape index (κ3) is 6.11. The number of hydrogen-bond acceptors (Lipinski definition) is 1. The molecule has 13 aromatic rings. The highest BCUT2D eigenvalue weighted by Gasteiger charge is 2.42. The van der Waals surface area contributed by atoms with Crippen LogP contribution in [0.4, 0.5) is 5.69 Å². The van der Waals surface area contributed by atoms with Gasteiger partial charge in [-0.25, -0.2) is 4.90 Å². The number of nitrogens with one attached hydrogen (secondary N) is 1. The van der Waals surface area contributed by atoms with Gasteiger partial charge in [0.2, 0.25) is 12.0 Å². The zero-order valence-electron chi connectivity index (χ0n) is 39.2. The molecule has 0 amide bonds. The van der Waals surface area contributed by atoms with Gasteiger partial charge in [0.1, 0.15) is 5.69 Å². The fourth-order valence-electron chi connectivity index (χ4n) is 12.3. The number of aliphatic imine (C=N–C) groups is 1. The van der Waals surface area contributed by atoms with E-state index in [0.717, 1.165) is 29.2 Å². The third-order valence-electron chi connectivity index (χ3n) is 15.7. The van der Waals surface area contributed by atoms with E-state index >= 15 is 0 Å². The Morgan fingerprint density at radius 1 is 0.451 bits per heavy atom. The second kappa shape index (κ2) is 15.6. The molecule has 11 aromatic carbocycles. The van der Waals surface area contributed by atoms with E-state index in [1.165, 1.54) is 114 Å². The molecule has 4 heteroatoms. The van der Waals surface area contributed by atoms with Crippen LogP contribution in [0, 0.1) is 5.92 Å². The largest absolute Gasteiger partial charge is 0.309 e. The van der Waals surface area contributed by atoms with E-state index in [1.807, 2.05) is 0 Å². The smallest absolute Gasteiger partial charge is 0.241 e. The van der Waals surface area contributed by atoms with Crippen LogP contribution in [0.3, 0.4) is 0 Å². The highest BCUT2D eigenvalue weighted by molar-refractivity contribution is 6.22. The fraction of sp³-hybridized carbons (Fsp3) is 0.0597. The summed E-state index contributed by atoms with van der Waals surface area (Å²) < 4.78 is 4.97. The van der Waals surface area contributed by atoms with E-state index in [1.54, 1.807) is 0 Å². The van der Waals surface area contributed by atoms with Crippen molar-refractivity contribution in [2.24, 2.45) is 10.9 Å². The average Bonchev–Trinajstić information content (AvgIpc) is 3.92. The molecule has 0 bridgehead atoms. The second-order valence-corrected chi connectivity index (χ2v) is 19.6. The molecule has 0 radical (unpaired) electrons. The van der Waals surface area contributed by atoms with Gasteiger partial charge in [-0.05, 0) is 134 Å². The van der Waals surface area contributed by atoms with Gasteiger partial charge in [0.05, 0.1) is 33.3 Å². The first-order chi connectivity index (χ1) is 35.1. The molecule has 0 saturated carbocycles. The number of aromatic nitrogens is 2. The van der Waals surface area contributed by atoms with Crippen molar-refractivity contribution in [1.82, 2.24) is 9.13 Å². The molecule has 3 heterocycles. The standard InChI is InChI=1S/C67H46N4/c1-42-15-2-8-23-52(42)48-21-14-22-50(38-48)70-66(49-30-29-43-16-3-4-18-45(43)37-49)68-67(70)56-33-36-61(55-26-11-10-25-54(55)56)71-62-35-32-51(41-59(62)58-39-46-19-5-6-20-47(46)40-64(58)71)69-60-28-13-12-27-57(60)65-53-24-9-7-17-44(53)31-34-63(65)69/h2-14,16-42,67H,15H2,1H3/p+1. The Hall–Kier alpha value is -8.83. The Balaban J connectivity index is 0.929. The first-order valence-corrected chi connectivity index (χ1v) is 24.9. The quantitative estimate of drug-likeness (QED) is 0.172. The number of amidine groups is 1. The number of benzene rings is 11. The maximum atomic E-state index is 5.60. The third-order valence-corrected chi connectivity index (χ3v) is 15.7. The summed E-state index contributed by atoms with van der Waals surface area (Å²) in [6, 6.07) is 81.2. The van der Waals surface area contributed by atoms with Gasteiger partial charge in [-0.2, -0.15) is 4.99 Å². The van der Waals surface area contributed by atoms with Crippen LogP contribution in [0.2, 0.25) is 0 Å². The fourth-order valence-corrected chi connectivity index (χ4v) is 12.3. The van der Waals surface area contributed by atoms with Crippen molar-refractivity contribution in [3.63, 3.8) is 0 Å². The monoisotopic (exact) mass is 907 g/mol. The Kier molecular flexibility index (Phi) is 8.81. The summed E-state index contributed by atoms with van der Waals surface area (Å²) in [5.41, 5.74) is 13.3. The Bertz CT molecular complexity index is 4480. The van der Waals surface area contributed by atoms with Crippen molar-refractivity contribution in [2.75, 3.05) is 0 Å². The van der Waals surface area contributed by atoms with Gasteiger partial charge in [0.25, 0.3) is 0 Å². The molecule has 0 saturated heterocycles. The SMILES string of the molecule is CC1CC=CC=C1c1cccc([NH+]2C(c3ccc4ccccc4c3)=NC2c2ccc(-n3c4ccc(-n5c6ccccc6c6c7ccccc7ccc65)cc4c4cc5ccccc5cc43)c3ccccc23)c1. The normalized spacial score (nSPS) is 17.0. The van der Waals surface area contributed by atoms with Gasteiger partial charge in [0, 0.05) is 44.2 Å². The number of fused-ring (bicyclic) bond motifs is 11. The van der Waals surface area contributed by atoms with Crippen LogP contribution in [-0.4, -0.2) is 15.0 Å². The molecule has 1 aliphatic heterocycles. The number of nitrogens with zero attached hydrogens (tertiary/aromatic N) is 3. The van der Waals surface area contributed by atoms with Crippen LogP contribution < -0.4 is 4.90 Å². The van der Waals surface area contributed by atoms with E-state index in [-0.39, 0.29) is 6.17 Å². The van der Waals surface area contributed by atoms with Crippen LogP contribution in [0.5, 0.6) is 0 Å². The van der Waals surface area contributed by atoms with E-state index < -0.39 is 0 Å². The lowest BCUT2D eigenvalue weighted by atomic mass is 9.88. The first kappa shape index (κ1) is 40.1. The Labute approximate surface area is 411 Å². The summed E-state index contributed by atoms with van der Waals surface area (Å²) >= 11 is 0. The van der Waals surface area contributed by atoms with Crippen LogP contribution in [0.15, 0.2) is 242 Å². The number of hydrogen-bond donors (Lipinski definition) is 1. The minimum absolute atomic E-state index is 0.142. The van der Waals surface area contributed by atoms with Crippen LogP contribution >= 0.6 is 0 Å². The minimum atomic E-state index is -0.142. The van der Waals surface area contributed by atoms with Gasteiger partial charge < -0.3 is 9.13 Å². The van der Waals surface area contributed by atoms with Crippen LogP contribution in [0.25, 0.3) is 104 Å². The summed E-state index contributed by atoms with van der Waals surface area (Å²) in [7, 11) is 0. The summed E-state index contributed by atoms with van der Waals surface area (Å²) in [4.78, 5) is 6.87. The molecule has 0 fully saturated rings. The molecule has 1 aliphatic carbocycles. The molecule has 2 aliphatic rings. The summed E-state index contributed by atoms with van der Waals surface area (Å²) in [5, 5.41) is 14.9. The number of rotatable bonds is 6. The van der Waals surface area contributed by atoms with Crippen molar-refractivity contribution >= 4 is 104 Å². The van der Waals surface area contributed by atoms with Crippen molar-refractivity contribution in [2.45, 2.75) is 19.5 Å². The van der Waals surface area contributed by atoms with Crippen molar-refractivity contribution < 1.29 is 4.90 Å². The molecule has 1 N–H and O–H groups in total. The van der Waals surface area contributed by atoms with Gasteiger partial charge >= 0.3 is 0 Å². The van der Waals surface area contributed by atoms with Gasteiger partial charge in [-0.15, -0.1) is 0 Å². The van der Waals surface area contributed by atoms with Crippen molar-refractivity contribution in [3.8, 4) is 11.4 Å². The zero-order chi connectivity index (χ0) is 46.7. The molecule has 3 unspecified atom stereocenters. The zero-order valence-corrected chi connectivity index (χ0v) is 39.2. The minimum Gasteiger partial charge on any atom is -0.309 e. The van der Waals surface area contributed by atoms with Crippen molar-refractivity contribution in [3.05, 3.63) is 253 Å². The lowest BCUT2D eigenvalue weighted by Crippen LogP contribution is -3.14. The van der Waals surface area contributed by atoms with Gasteiger partial charge in [-0.1, -0.05) is 165 Å². The predicted molar refractivity (Wildman–Crippen MR) is 299 cm³/mol. The lowest BCUT2D eigenvalue weighted by Gasteiger charge is -2.35. The lowest BCUT2D eigenvalue weighted by molar-refractivity contribution is -0.792. The van der Waals surface area contributed by atoms with Crippen LogP contribution in [-0.2, 0) is 0 Å². The van der Waals surface area contributed by atoms with E-state index in [4.69, 9.17) is 4.99 Å².